The minimum absolute atomic E-state index is 0. The van der Waals surface area contributed by atoms with Crippen LogP contribution in [0.1, 0.15) is 0 Å². The van der Waals surface area contributed by atoms with Gasteiger partial charge in [0.15, 0.2) is 0 Å². The molecule has 8 nitrogen and oxygen atoms in total. The molecule has 15 heteroatoms. The fraction of sp³-hybridized carbons (Fsp3) is 0.154. The number of benzene rings is 2. The fourth-order valence-corrected chi connectivity index (χ4v) is 3.02. The van der Waals surface area contributed by atoms with Crippen LogP contribution in [0.3, 0.4) is 0 Å². The van der Waals surface area contributed by atoms with E-state index < -0.39 is 55.4 Å². The molecular weight excluding hydrogens is 624 g/mol. The Morgan fingerprint density at radius 1 is 0.610 bits per heavy atom. The van der Waals surface area contributed by atoms with E-state index in [1.165, 1.54) is 28.2 Å². The van der Waals surface area contributed by atoms with Crippen LogP contribution in [0.15, 0.2) is 84.9 Å². The molecule has 0 N–H and O–H groups in total. The van der Waals surface area contributed by atoms with Crippen molar-refractivity contribution in [3.05, 3.63) is 120 Å². The van der Waals surface area contributed by atoms with Crippen molar-refractivity contribution in [3.8, 4) is 11.5 Å². The zero-order valence-corrected chi connectivity index (χ0v) is 25.4. The molecule has 0 saturated carbocycles. The summed E-state index contributed by atoms with van der Waals surface area (Å²) in [5.74, 6) is -5.43. The van der Waals surface area contributed by atoms with E-state index in [-0.39, 0.29) is 21.7 Å². The zero-order valence-electron chi connectivity index (χ0n) is 22.3. The molecule has 4 rings (SSSR count). The van der Waals surface area contributed by atoms with Gasteiger partial charge in [-0.3, -0.25) is 0 Å². The molecule has 0 fully saturated rings. The van der Waals surface area contributed by atoms with Crippen LogP contribution in [0.25, 0.3) is 0 Å². The molecule has 4 aromatic rings. The molecule has 4 aromatic carbocycles. The zero-order chi connectivity index (χ0) is 30.3. The van der Waals surface area contributed by atoms with Crippen LogP contribution < -0.4 is 8.37 Å². The van der Waals surface area contributed by atoms with Gasteiger partial charge in [-0.15, -0.1) is 36.4 Å². The standard InChI is InChI=1S/2C8H8F2NO3S.2C5H5.Ti/c2*1-11(2)15(12,13)14-8-4-3-6(9)5-7(8)10;2*1-2-4-5-3-1;/h2*3-4H,1-2H3;2*1-5H;/q4*-1;+4. The van der Waals surface area contributed by atoms with Gasteiger partial charge in [0.1, 0.15) is 0 Å². The maximum atomic E-state index is 12.9. The quantitative estimate of drug-likeness (QED) is 0.171. The molecule has 0 radical (unpaired) electrons. The van der Waals surface area contributed by atoms with Gasteiger partial charge in [0.05, 0.1) is 23.1 Å². The minimum atomic E-state index is -4.04. The summed E-state index contributed by atoms with van der Waals surface area (Å²) in [5, 5.41) is 0. The van der Waals surface area contributed by atoms with E-state index in [0.717, 1.165) is 32.9 Å². The Labute approximate surface area is 252 Å². The third-order valence-corrected chi connectivity index (χ3v) is 6.62. The Balaban J connectivity index is 0.000000573. The van der Waals surface area contributed by atoms with Gasteiger partial charge in [0, 0.05) is 39.8 Å². The summed E-state index contributed by atoms with van der Waals surface area (Å²) in [6, 6.07) is 26.8. The summed E-state index contributed by atoms with van der Waals surface area (Å²) in [6.45, 7) is 0. The molecule has 0 unspecified atom stereocenters. The number of rotatable bonds is 6. The normalized spacial score (nSPS) is 10.6. The second-order valence-electron chi connectivity index (χ2n) is 7.54. The molecule has 0 aliphatic heterocycles. The molecule has 0 aromatic heterocycles. The van der Waals surface area contributed by atoms with Crippen LogP contribution in [0, 0.1) is 35.4 Å². The van der Waals surface area contributed by atoms with Crippen LogP contribution in [0.2, 0.25) is 0 Å². The number of hydrogen-bond acceptors (Lipinski definition) is 6. The Kier molecular flexibility index (Phi) is 17.1. The topological polar surface area (TPSA) is 93.2 Å². The van der Waals surface area contributed by atoms with E-state index in [0.29, 0.717) is 0 Å². The van der Waals surface area contributed by atoms with Crippen molar-refractivity contribution in [1.29, 1.82) is 0 Å². The number of nitrogens with zero attached hydrogens (tertiary/aromatic N) is 2. The third-order valence-electron chi connectivity index (χ3n) is 4.05. The maximum absolute atomic E-state index is 12.9. The Morgan fingerprint density at radius 3 is 1.10 bits per heavy atom. The largest absolute Gasteiger partial charge is 4.00 e. The Bertz CT molecular complexity index is 1340. The smallest absolute Gasteiger partial charge is 0.432 e. The van der Waals surface area contributed by atoms with Gasteiger partial charge in [-0.25, -0.2) is 41.8 Å². The van der Waals surface area contributed by atoms with Crippen molar-refractivity contribution in [2.24, 2.45) is 0 Å². The summed E-state index contributed by atoms with van der Waals surface area (Å²) in [5.41, 5.74) is 0. The van der Waals surface area contributed by atoms with Gasteiger partial charge in [-0.2, -0.15) is 61.8 Å². The second-order valence-corrected chi connectivity index (χ2v) is 11.0. The molecule has 0 spiro atoms. The van der Waals surface area contributed by atoms with E-state index in [1.54, 1.807) is 12.1 Å². The van der Waals surface area contributed by atoms with Crippen molar-refractivity contribution < 1.29 is 64.5 Å². The van der Waals surface area contributed by atoms with Gasteiger partial charge in [0.2, 0.25) is 0 Å². The predicted octanol–water partition coefficient (Wildman–Crippen LogP) is 4.71. The van der Waals surface area contributed by atoms with Gasteiger partial charge in [-0.05, 0) is 0 Å². The van der Waals surface area contributed by atoms with Crippen molar-refractivity contribution in [2.75, 3.05) is 28.2 Å². The minimum Gasteiger partial charge on any atom is -0.432 e. The fourth-order valence-electron chi connectivity index (χ4n) is 2.01. The van der Waals surface area contributed by atoms with Crippen molar-refractivity contribution in [2.45, 2.75) is 0 Å². The summed E-state index contributed by atoms with van der Waals surface area (Å²) >= 11 is 0. The number of halogens is 4. The van der Waals surface area contributed by atoms with E-state index in [1.807, 2.05) is 60.7 Å². The SMILES string of the molecule is CN(C)S(=O)(=O)Oc1ccc(F)[c-]c1F.CN(C)S(=O)(=O)Oc1ccc(F)[c-]c1F.[Ti+4].c1cc[cH-]c1.c1cc[cH-]c1. The van der Waals surface area contributed by atoms with E-state index >= 15 is 0 Å². The van der Waals surface area contributed by atoms with Gasteiger partial charge in [0.25, 0.3) is 0 Å². The van der Waals surface area contributed by atoms with Crippen LogP contribution in [0.4, 0.5) is 17.6 Å². The first kappa shape index (κ1) is 38.0. The molecule has 0 aliphatic rings. The van der Waals surface area contributed by atoms with Gasteiger partial charge in [-0.1, -0.05) is 0 Å². The second kappa shape index (κ2) is 18.4. The molecule has 41 heavy (non-hydrogen) atoms. The first-order valence-corrected chi connectivity index (χ1v) is 13.7. The van der Waals surface area contributed by atoms with Crippen molar-refractivity contribution >= 4 is 20.6 Å². The van der Waals surface area contributed by atoms with Gasteiger partial charge >= 0.3 is 42.3 Å². The Hall–Kier alpha value is -3.01. The van der Waals surface area contributed by atoms with Crippen LogP contribution >= 0.6 is 0 Å². The molecule has 220 valence electrons. The van der Waals surface area contributed by atoms with Crippen molar-refractivity contribution in [1.82, 2.24) is 8.61 Å². The summed E-state index contributed by atoms with van der Waals surface area (Å²) < 4.78 is 106. The Morgan fingerprint density at radius 2 is 0.902 bits per heavy atom. The first-order chi connectivity index (χ1) is 18.7. The summed E-state index contributed by atoms with van der Waals surface area (Å²) in [4.78, 5) is 0. The van der Waals surface area contributed by atoms with E-state index in [9.17, 15) is 34.4 Å². The van der Waals surface area contributed by atoms with E-state index in [4.69, 9.17) is 0 Å². The first-order valence-electron chi connectivity index (χ1n) is 11.0. The van der Waals surface area contributed by atoms with Crippen LogP contribution in [-0.4, -0.2) is 53.6 Å². The molecule has 0 aliphatic carbocycles. The van der Waals surface area contributed by atoms with E-state index in [2.05, 4.69) is 8.37 Å². The van der Waals surface area contributed by atoms with Crippen LogP contribution in [0.5, 0.6) is 11.5 Å². The molecule has 0 atom stereocenters. The number of hydrogen-bond donors (Lipinski definition) is 0. The average molecular weight is 650 g/mol. The maximum Gasteiger partial charge on any atom is 4.00 e. The molecule has 0 bridgehead atoms. The molecular formula is C26H26F4N2O6S2Ti. The molecule has 0 heterocycles. The third kappa shape index (κ3) is 15.0. The molecule has 0 amide bonds. The monoisotopic (exact) mass is 650 g/mol. The predicted molar refractivity (Wildman–Crippen MR) is 141 cm³/mol. The average Bonchev–Trinajstić information content (AvgIpc) is 3.62. The van der Waals surface area contributed by atoms with Crippen molar-refractivity contribution in [3.63, 3.8) is 0 Å². The summed E-state index contributed by atoms with van der Waals surface area (Å²) in [7, 11) is -3.18. The molecule has 0 saturated heterocycles. The van der Waals surface area contributed by atoms with Gasteiger partial charge < -0.3 is 8.37 Å². The van der Waals surface area contributed by atoms with Crippen LogP contribution in [-0.2, 0) is 42.3 Å². The summed E-state index contributed by atoms with van der Waals surface area (Å²) in [6.07, 6.45) is 0.